The summed E-state index contributed by atoms with van der Waals surface area (Å²) in [5.74, 6) is 1.65. The van der Waals surface area contributed by atoms with Gasteiger partial charge in [0, 0.05) is 18.7 Å². The maximum atomic E-state index is 11.2. The van der Waals surface area contributed by atoms with Gasteiger partial charge >= 0.3 is 0 Å². The Morgan fingerprint density at radius 2 is 2.55 bits per heavy atom. The lowest BCUT2D eigenvalue weighted by atomic mass is 10.4. The lowest BCUT2D eigenvalue weighted by Gasteiger charge is -2.13. The molecule has 0 bridgehead atoms. The number of nitrogens with zero attached hydrogens (tertiary/aromatic N) is 1. The van der Waals surface area contributed by atoms with Crippen molar-refractivity contribution in [2.75, 3.05) is 18.1 Å². The molecule has 5 heteroatoms. The highest BCUT2D eigenvalue weighted by Crippen LogP contribution is 2.18. The van der Waals surface area contributed by atoms with E-state index in [0.717, 1.165) is 16.6 Å². The summed E-state index contributed by atoms with van der Waals surface area (Å²) in [6, 6.07) is 0. The highest BCUT2D eigenvalue weighted by atomic mass is 32.2. The van der Waals surface area contributed by atoms with E-state index < -0.39 is 0 Å². The molecule has 0 spiro atoms. The van der Waals surface area contributed by atoms with Crippen LogP contribution in [0.25, 0.3) is 0 Å². The van der Waals surface area contributed by atoms with Gasteiger partial charge in [0.1, 0.15) is 4.32 Å². The topological polar surface area (TPSA) is 20.3 Å². The molecule has 1 aliphatic rings. The number of amides is 1. The van der Waals surface area contributed by atoms with Crippen molar-refractivity contribution in [3.8, 4) is 0 Å². The molecule has 0 radical (unpaired) electrons. The van der Waals surface area contributed by atoms with Crippen molar-refractivity contribution >= 4 is 46.8 Å². The van der Waals surface area contributed by atoms with Crippen molar-refractivity contribution in [2.24, 2.45) is 0 Å². The molecular formula is C6H9NOS3. The average Bonchev–Trinajstić information content (AvgIpc) is 2.36. The first-order valence-corrected chi connectivity index (χ1v) is 5.36. The number of thiocarbonyl (C=S) groups is 1. The van der Waals surface area contributed by atoms with E-state index in [4.69, 9.17) is 12.2 Å². The van der Waals surface area contributed by atoms with E-state index in [1.807, 2.05) is 0 Å². The zero-order chi connectivity index (χ0) is 8.27. The van der Waals surface area contributed by atoms with Crippen LogP contribution < -0.4 is 0 Å². The summed E-state index contributed by atoms with van der Waals surface area (Å²) < 4.78 is 0.719. The number of thiol groups is 1. The summed E-state index contributed by atoms with van der Waals surface area (Å²) in [4.78, 5) is 12.9. The van der Waals surface area contributed by atoms with Gasteiger partial charge in [-0.05, 0) is 5.75 Å². The van der Waals surface area contributed by atoms with Crippen LogP contribution in [-0.2, 0) is 4.79 Å². The molecule has 0 unspecified atom stereocenters. The third-order valence-electron chi connectivity index (χ3n) is 1.39. The molecule has 11 heavy (non-hydrogen) atoms. The van der Waals surface area contributed by atoms with E-state index >= 15 is 0 Å². The van der Waals surface area contributed by atoms with Gasteiger partial charge in [0.2, 0.25) is 5.91 Å². The molecule has 1 amide bonds. The second-order valence-corrected chi connectivity index (χ2v) is 4.31. The molecule has 1 fully saturated rings. The number of hydrogen-bond acceptors (Lipinski definition) is 4. The Kier molecular flexibility index (Phi) is 3.68. The van der Waals surface area contributed by atoms with Crippen molar-refractivity contribution in [1.29, 1.82) is 0 Å². The molecule has 0 saturated carbocycles. The second-order valence-electron chi connectivity index (χ2n) is 2.13. The van der Waals surface area contributed by atoms with Crippen LogP contribution >= 0.6 is 36.6 Å². The molecular weight excluding hydrogens is 198 g/mol. The summed E-state index contributed by atoms with van der Waals surface area (Å²) in [5, 5.41) is 0. The van der Waals surface area contributed by atoms with Crippen LogP contribution in [0.1, 0.15) is 6.42 Å². The number of carbonyl (C=O) groups is 1. The summed E-state index contributed by atoms with van der Waals surface area (Å²) in [6.45, 7) is 0.774. The minimum atomic E-state index is 0.106. The van der Waals surface area contributed by atoms with Crippen molar-refractivity contribution in [3.63, 3.8) is 0 Å². The van der Waals surface area contributed by atoms with Gasteiger partial charge in [0.15, 0.2) is 0 Å². The van der Waals surface area contributed by atoms with Gasteiger partial charge in [-0.2, -0.15) is 12.6 Å². The molecule has 0 aromatic rings. The van der Waals surface area contributed by atoms with Gasteiger partial charge in [-0.15, -0.1) is 0 Å². The van der Waals surface area contributed by atoms with Gasteiger partial charge < -0.3 is 0 Å². The molecule has 1 heterocycles. The van der Waals surface area contributed by atoms with E-state index in [1.165, 1.54) is 0 Å². The van der Waals surface area contributed by atoms with Gasteiger partial charge in [-0.3, -0.25) is 9.69 Å². The van der Waals surface area contributed by atoms with E-state index in [1.54, 1.807) is 16.7 Å². The SMILES string of the molecule is O=C(CCS)N1CCSC1=S. The lowest BCUT2D eigenvalue weighted by Crippen LogP contribution is -2.30. The monoisotopic (exact) mass is 207 g/mol. The van der Waals surface area contributed by atoms with E-state index in [-0.39, 0.29) is 5.91 Å². The third kappa shape index (κ3) is 2.35. The molecule has 2 nitrogen and oxygen atoms in total. The predicted molar refractivity (Wildman–Crippen MR) is 55.2 cm³/mol. The smallest absolute Gasteiger partial charge is 0.228 e. The Bertz CT molecular complexity index is 183. The molecule has 1 saturated heterocycles. The largest absolute Gasteiger partial charge is 0.297 e. The fourth-order valence-electron chi connectivity index (χ4n) is 0.851. The quantitative estimate of drug-likeness (QED) is 0.542. The number of thioether (sulfide) groups is 1. The Hall–Kier alpha value is 0.260. The molecule has 0 N–H and O–H groups in total. The predicted octanol–water partition coefficient (Wildman–Crippen LogP) is 1.17. The van der Waals surface area contributed by atoms with E-state index in [0.29, 0.717) is 12.2 Å². The van der Waals surface area contributed by atoms with Crippen LogP contribution in [0.15, 0.2) is 0 Å². The first kappa shape index (κ1) is 9.35. The average molecular weight is 207 g/mol. The van der Waals surface area contributed by atoms with Gasteiger partial charge in [-0.1, -0.05) is 24.0 Å². The van der Waals surface area contributed by atoms with Crippen LogP contribution in [0.4, 0.5) is 0 Å². The third-order valence-corrected chi connectivity index (χ3v) is 3.04. The number of hydrogen-bond donors (Lipinski definition) is 1. The molecule has 0 aliphatic carbocycles. The second kappa shape index (κ2) is 4.33. The van der Waals surface area contributed by atoms with Crippen LogP contribution in [0.5, 0.6) is 0 Å². The molecule has 62 valence electrons. The molecule has 1 aliphatic heterocycles. The zero-order valence-corrected chi connectivity index (χ0v) is 8.48. The van der Waals surface area contributed by atoms with Crippen molar-refractivity contribution in [1.82, 2.24) is 4.90 Å². The van der Waals surface area contributed by atoms with E-state index in [9.17, 15) is 4.79 Å². The first-order valence-electron chi connectivity index (χ1n) is 3.33. The fourth-order valence-corrected chi connectivity index (χ4v) is 2.28. The van der Waals surface area contributed by atoms with Crippen LogP contribution in [0.2, 0.25) is 0 Å². The van der Waals surface area contributed by atoms with Gasteiger partial charge in [-0.25, -0.2) is 0 Å². The minimum absolute atomic E-state index is 0.106. The zero-order valence-electron chi connectivity index (χ0n) is 5.95. The Morgan fingerprint density at radius 3 is 3.00 bits per heavy atom. The molecule has 0 atom stereocenters. The van der Waals surface area contributed by atoms with Crippen LogP contribution in [0.3, 0.4) is 0 Å². The highest BCUT2D eigenvalue weighted by molar-refractivity contribution is 8.23. The molecule has 0 aromatic heterocycles. The number of carbonyl (C=O) groups excluding carboxylic acids is 1. The highest BCUT2D eigenvalue weighted by Gasteiger charge is 2.22. The Morgan fingerprint density at radius 1 is 1.82 bits per heavy atom. The lowest BCUT2D eigenvalue weighted by molar-refractivity contribution is -0.126. The summed E-state index contributed by atoms with van der Waals surface area (Å²) >= 11 is 10.5. The normalized spacial score (nSPS) is 17.5. The first-order chi connectivity index (χ1) is 5.25. The van der Waals surface area contributed by atoms with Crippen LogP contribution in [-0.4, -0.2) is 33.2 Å². The Balaban J connectivity index is 2.46. The fraction of sp³-hybridized carbons (Fsp3) is 0.667. The van der Waals surface area contributed by atoms with Crippen molar-refractivity contribution in [3.05, 3.63) is 0 Å². The maximum Gasteiger partial charge on any atom is 0.228 e. The van der Waals surface area contributed by atoms with Crippen molar-refractivity contribution in [2.45, 2.75) is 6.42 Å². The summed E-state index contributed by atoms with van der Waals surface area (Å²) in [5.41, 5.74) is 0. The maximum absolute atomic E-state index is 11.2. The Labute approximate surface area is 81.1 Å². The summed E-state index contributed by atoms with van der Waals surface area (Å²) in [7, 11) is 0. The van der Waals surface area contributed by atoms with Crippen molar-refractivity contribution < 1.29 is 4.79 Å². The number of rotatable bonds is 2. The molecule has 0 aromatic carbocycles. The van der Waals surface area contributed by atoms with Gasteiger partial charge in [0.25, 0.3) is 0 Å². The van der Waals surface area contributed by atoms with E-state index in [2.05, 4.69) is 12.6 Å². The standard InChI is InChI=1S/C6H9NOS3/c8-5(1-3-9)7-2-4-11-6(7)10/h9H,1-4H2. The summed E-state index contributed by atoms with van der Waals surface area (Å²) in [6.07, 6.45) is 0.490. The molecule has 1 rings (SSSR count). The minimum Gasteiger partial charge on any atom is -0.297 e. The van der Waals surface area contributed by atoms with Gasteiger partial charge in [0.05, 0.1) is 0 Å². The van der Waals surface area contributed by atoms with Crippen LogP contribution in [0, 0.1) is 0 Å².